The highest BCUT2D eigenvalue weighted by Crippen LogP contribution is 2.21. The number of amides is 2. The predicted octanol–water partition coefficient (Wildman–Crippen LogP) is 5.59. The van der Waals surface area contributed by atoms with Crippen molar-refractivity contribution in [3.63, 3.8) is 0 Å². The molecular formula is C24H22N4O2. The average molecular weight is 398 g/mol. The number of nitrogens with zero attached hydrogens (tertiary/aromatic N) is 2. The highest BCUT2D eigenvalue weighted by Gasteiger charge is 2.10. The molecule has 4 aromatic rings. The van der Waals surface area contributed by atoms with Crippen molar-refractivity contribution in [1.29, 1.82) is 0 Å². The van der Waals surface area contributed by atoms with E-state index in [0.717, 1.165) is 22.4 Å². The van der Waals surface area contributed by atoms with E-state index in [1.54, 1.807) is 12.1 Å². The van der Waals surface area contributed by atoms with Gasteiger partial charge in [0.15, 0.2) is 0 Å². The van der Waals surface area contributed by atoms with Crippen LogP contribution in [0.4, 0.5) is 16.2 Å². The minimum Gasteiger partial charge on any atom is -0.420 e. The molecule has 0 fully saturated rings. The second kappa shape index (κ2) is 8.61. The average Bonchev–Trinajstić information content (AvgIpc) is 3.19. The van der Waals surface area contributed by atoms with Crippen LogP contribution in [-0.4, -0.2) is 16.2 Å². The van der Waals surface area contributed by atoms with Gasteiger partial charge in [-0.2, -0.15) is 0 Å². The lowest BCUT2D eigenvalue weighted by atomic mass is 10.1. The molecule has 3 aromatic carbocycles. The van der Waals surface area contributed by atoms with E-state index in [-0.39, 0.29) is 6.03 Å². The minimum atomic E-state index is -0.300. The summed E-state index contributed by atoms with van der Waals surface area (Å²) in [6, 6.07) is 22.9. The fraction of sp³-hybridized carbons (Fsp3) is 0.125. The van der Waals surface area contributed by atoms with E-state index in [1.807, 2.05) is 43.3 Å². The Bertz CT molecular complexity index is 1150. The molecule has 30 heavy (non-hydrogen) atoms. The first-order valence-corrected chi connectivity index (χ1v) is 9.68. The minimum absolute atomic E-state index is 0.300. The summed E-state index contributed by atoms with van der Waals surface area (Å²) in [6.07, 6.45) is 0.589. The van der Waals surface area contributed by atoms with Crippen molar-refractivity contribution in [2.45, 2.75) is 20.3 Å². The molecule has 0 saturated carbocycles. The number of aromatic nitrogens is 2. The number of urea groups is 1. The van der Waals surface area contributed by atoms with Gasteiger partial charge in [-0.15, -0.1) is 10.2 Å². The van der Waals surface area contributed by atoms with Crippen LogP contribution in [0.25, 0.3) is 11.5 Å². The molecular weight excluding hydrogens is 376 g/mol. The molecule has 0 spiro atoms. The van der Waals surface area contributed by atoms with Crippen molar-refractivity contribution in [3.8, 4) is 11.5 Å². The van der Waals surface area contributed by atoms with Crippen LogP contribution >= 0.6 is 0 Å². The lowest BCUT2D eigenvalue weighted by molar-refractivity contribution is 0.262. The third kappa shape index (κ3) is 4.91. The van der Waals surface area contributed by atoms with Crippen LogP contribution in [0.15, 0.2) is 77.2 Å². The zero-order chi connectivity index (χ0) is 20.9. The maximum atomic E-state index is 12.2. The second-order valence-electron chi connectivity index (χ2n) is 7.19. The van der Waals surface area contributed by atoms with E-state index < -0.39 is 0 Å². The van der Waals surface area contributed by atoms with Crippen LogP contribution in [-0.2, 0) is 6.42 Å². The lowest BCUT2D eigenvalue weighted by Gasteiger charge is -2.08. The van der Waals surface area contributed by atoms with Gasteiger partial charge >= 0.3 is 6.03 Å². The van der Waals surface area contributed by atoms with Crippen molar-refractivity contribution >= 4 is 17.4 Å². The molecule has 0 aliphatic heterocycles. The largest absolute Gasteiger partial charge is 0.420 e. The van der Waals surface area contributed by atoms with E-state index in [2.05, 4.69) is 52.0 Å². The number of carbonyl (C=O) groups is 1. The summed E-state index contributed by atoms with van der Waals surface area (Å²) in [5.74, 6) is 1.02. The van der Waals surface area contributed by atoms with Crippen LogP contribution in [0.3, 0.4) is 0 Å². The molecule has 6 nitrogen and oxygen atoms in total. The van der Waals surface area contributed by atoms with Crippen LogP contribution in [0.1, 0.15) is 22.6 Å². The smallest absolute Gasteiger partial charge is 0.323 e. The van der Waals surface area contributed by atoms with E-state index >= 15 is 0 Å². The summed E-state index contributed by atoms with van der Waals surface area (Å²) in [5.41, 5.74) is 5.63. The number of carbonyl (C=O) groups excluding carboxylic acids is 1. The topological polar surface area (TPSA) is 80.0 Å². The number of anilines is 2. The standard InChI is InChI=1S/C24H22N4O2/c1-16-6-8-18(9-7-16)15-22-27-28-23(30-22)19-10-12-20(13-11-19)25-24(29)26-21-5-3-4-17(2)14-21/h3-14H,15H2,1-2H3,(H2,25,26,29). The summed E-state index contributed by atoms with van der Waals surface area (Å²) < 4.78 is 5.79. The van der Waals surface area contributed by atoms with Crippen molar-refractivity contribution < 1.29 is 9.21 Å². The molecule has 0 radical (unpaired) electrons. The Morgan fingerprint density at radius 1 is 0.833 bits per heavy atom. The van der Waals surface area contributed by atoms with Gasteiger partial charge in [-0.1, -0.05) is 42.0 Å². The highest BCUT2D eigenvalue weighted by molar-refractivity contribution is 5.99. The molecule has 0 bridgehead atoms. The Hall–Kier alpha value is -3.93. The fourth-order valence-corrected chi connectivity index (χ4v) is 3.03. The van der Waals surface area contributed by atoms with Gasteiger partial charge in [0.05, 0.1) is 6.42 Å². The van der Waals surface area contributed by atoms with Crippen LogP contribution < -0.4 is 10.6 Å². The molecule has 0 atom stereocenters. The van der Waals surface area contributed by atoms with Gasteiger partial charge < -0.3 is 15.1 Å². The molecule has 4 rings (SSSR count). The van der Waals surface area contributed by atoms with Crippen LogP contribution in [0.2, 0.25) is 0 Å². The second-order valence-corrected chi connectivity index (χ2v) is 7.19. The molecule has 2 amide bonds. The Balaban J connectivity index is 1.38. The van der Waals surface area contributed by atoms with Crippen molar-refractivity contribution in [2.24, 2.45) is 0 Å². The molecule has 0 aliphatic rings. The summed E-state index contributed by atoms with van der Waals surface area (Å²) in [6.45, 7) is 4.03. The van der Waals surface area contributed by atoms with E-state index in [0.29, 0.717) is 23.9 Å². The first-order chi connectivity index (χ1) is 14.5. The lowest BCUT2D eigenvalue weighted by Crippen LogP contribution is -2.19. The molecule has 6 heteroatoms. The number of aryl methyl sites for hydroxylation is 2. The Labute approximate surface area is 175 Å². The van der Waals surface area contributed by atoms with Gasteiger partial charge in [-0.25, -0.2) is 4.79 Å². The van der Waals surface area contributed by atoms with Crippen molar-refractivity contribution in [2.75, 3.05) is 10.6 Å². The zero-order valence-electron chi connectivity index (χ0n) is 16.8. The number of rotatable bonds is 5. The SMILES string of the molecule is Cc1ccc(Cc2nnc(-c3ccc(NC(=O)Nc4cccc(C)c4)cc3)o2)cc1. The molecule has 0 aliphatic carbocycles. The van der Waals surface area contributed by atoms with E-state index in [4.69, 9.17) is 4.42 Å². The first kappa shape index (κ1) is 19.4. The summed E-state index contributed by atoms with van der Waals surface area (Å²) in [7, 11) is 0. The van der Waals surface area contributed by atoms with Gasteiger partial charge in [0.1, 0.15) is 0 Å². The summed E-state index contributed by atoms with van der Waals surface area (Å²) in [4.78, 5) is 12.2. The van der Waals surface area contributed by atoms with Gasteiger partial charge in [0.2, 0.25) is 11.8 Å². The number of hydrogen-bond acceptors (Lipinski definition) is 4. The van der Waals surface area contributed by atoms with Gasteiger partial charge in [-0.3, -0.25) is 0 Å². The highest BCUT2D eigenvalue weighted by atomic mass is 16.4. The molecule has 150 valence electrons. The Kier molecular flexibility index (Phi) is 5.57. The fourth-order valence-electron chi connectivity index (χ4n) is 3.03. The molecule has 1 aromatic heterocycles. The van der Waals surface area contributed by atoms with E-state index in [1.165, 1.54) is 5.56 Å². The monoisotopic (exact) mass is 398 g/mol. The first-order valence-electron chi connectivity index (χ1n) is 9.68. The Morgan fingerprint density at radius 2 is 1.57 bits per heavy atom. The van der Waals surface area contributed by atoms with E-state index in [9.17, 15) is 4.79 Å². The predicted molar refractivity (Wildman–Crippen MR) is 118 cm³/mol. The van der Waals surface area contributed by atoms with Gasteiger partial charge in [-0.05, 0) is 61.4 Å². The quantitative estimate of drug-likeness (QED) is 0.459. The molecule has 0 unspecified atom stereocenters. The van der Waals surface area contributed by atoms with Gasteiger partial charge in [0.25, 0.3) is 0 Å². The van der Waals surface area contributed by atoms with Gasteiger partial charge in [0, 0.05) is 16.9 Å². The summed E-state index contributed by atoms with van der Waals surface area (Å²) in [5, 5.41) is 13.9. The number of hydrogen-bond donors (Lipinski definition) is 2. The maximum absolute atomic E-state index is 12.2. The molecule has 0 saturated heterocycles. The van der Waals surface area contributed by atoms with Crippen LogP contribution in [0.5, 0.6) is 0 Å². The zero-order valence-corrected chi connectivity index (χ0v) is 16.8. The third-order valence-corrected chi connectivity index (χ3v) is 4.61. The summed E-state index contributed by atoms with van der Waals surface area (Å²) >= 11 is 0. The molecule has 1 heterocycles. The Morgan fingerprint density at radius 3 is 2.30 bits per heavy atom. The number of benzene rings is 3. The van der Waals surface area contributed by atoms with Crippen molar-refractivity contribution in [3.05, 3.63) is 95.4 Å². The van der Waals surface area contributed by atoms with Crippen molar-refractivity contribution in [1.82, 2.24) is 10.2 Å². The molecule has 2 N–H and O–H groups in total. The number of nitrogens with one attached hydrogen (secondary N) is 2. The third-order valence-electron chi connectivity index (χ3n) is 4.61. The normalized spacial score (nSPS) is 10.6. The maximum Gasteiger partial charge on any atom is 0.323 e. The van der Waals surface area contributed by atoms with Crippen LogP contribution in [0, 0.1) is 13.8 Å².